The van der Waals surface area contributed by atoms with Gasteiger partial charge in [-0.05, 0) is 258 Å². The zero-order valence-electron chi connectivity index (χ0n) is 92.6. The monoisotopic (exact) mass is 1960 g/mol. The van der Waals surface area contributed by atoms with E-state index in [0.29, 0.717) is 149 Å². The van der Waals surface area contributed by atoms with E-state index in [0.717, 1.165) is 142 Å². The molecule has 7 aliphatic heterocycles. The summed E-state index contributed by atoms with van der Waals surface area (Å²) in [6, 6.07) is 17.2. The highest BCUT2D eigenvalue weighted by molar-refractivity contribution is 6.06. The third kappa shape index (κ3) is 26.5. The molecule has 2 aliphatic carbocycles. The summed E-state index contributed by atoms with van der Waals surface area (Å²) in [5, 5.41) is 103. The molecule has 139 heavy (non-hydrogen) atoms. The fraction of sp³-hybridized carbons (Fsp3) is 0.824. The first-order valence-electron chi connectivity index (χ1n) is 53.0. The van der Waals surface area contributed by atoms with E-state index < -0.39 is 60.9 Å². The molecule has 800 valence electrons. The lowest BCUT2D eigenvalue weighted by Crippen LogP contribution is -2.76. The van der Waals surface area contributed by atoms with Crippen LogP contribution in [-0.4, -0.2) is 300 Å². The Labute approximate surface area is 838 Å². The Morgan fingerprint density at radius 1 is 0.432 bits per heavy atom. The SMILES string of the molecule is CC1(C)COCCOCCOCCOCC(C)(C)N1O.CCC1(C)CC(=O)NC(C)C(C)(CC)N1O.CCC1(CC)CN(C(C)(C)C)C(=O)C(CC)(CC)N1O.CCC1(CC)CNC(=O)CC(CC)(CC)N1O.CCCC1(CCC)C(=O)N(C(C)(C)C)CC(CC)(CC)N1O.Cc1ccc(C2=[N+]([O-])C(C)(C)C(C)(C)N2O)cc1.O=C1N(Cc2ccccc2)C(=O)C2(CCCCC2)N(O)C12CCCCC2. The fourth-order valence-electron chi connectivity index (χ4n) is 22.0. The maximum atomic E-state index is 13.5. The van der Waals surface area contributed by atoms with Crippen LogP contribution in [0.2, 0.25) is 0 Å². The predicted molar refractivity (Wildman–Crippen MR) is 547 cm³/mol. The Morgan fingerprint density at radius 3 is 1.19 bits per heavy atom. The number of rotatable bonds is 19. The van der Waals surface area contributed by atoms with Crippen molar-refractivity contribution < 1.29 is 88.9 Å². The molecule has 9 aliphatic rings. The van der Waals surface area contributed by atoms with Crippen LogP contribution in [-0.2, 0) is 54.3 Å². The Kier molecular flexibility index (Phi) is 45.2. The van der Waals surface area contributed by atoms with E-state index in [1.165, 1.54) is 35.3 Å². The number of amides is 6. The summed E-state index contributed by atoms with van der Waals surface area (Å²) in [6.07, 6.45) is 21.8. The maximum Gasteiger partial charge on any atom is 0.313 e. The number of amidine groups is 1. The first-order chi connectivity index (χ1) is 64.7. The van der Waals surface area contributed by atoms with Crippen LogP contribution in [0.1, 0.15) is 411 Å². The number of imide groups is 1. The normalized spacial score (nSPS) is 26.2. The molecule has 0 radical (unpaired) electrons. The highest BCUT2D eigenvalue weighted by Crippen LogP contribution is 2.51. The average Bonchev–Trinajstić information content (AvgIpc) is 1.75. The molecule has 0 bridgehead atoms. The average molecular weight is 1960 g/mol. The first-order valence-corrected chi connectivity index (χ1v) is 53.0. The van der Waals surface area contributed by atoms with Gasteiger partial charge in [0, 0.05) is 49.6 Å². The molecule has 3 unspecified atom stereocenters. The molecule has 0 aromatic heterocycles. The highest BCUT2D eigenvalue weighted by atomic mass is 16.6. The standard InChI is InChI=1S/C21H28N2O3.C18H36N2O2.C16H32N2O2.C14H20N2O2.C14H29NO5.C13H26N2O2.C12H24N2O2/c24-18-20(12-6-2-7-13-20)23(26)21(14-8-3-9-15-21)19(25)22(18)16-17-10-4-1-5-11-17;1-8-12-18(13-9-2)15(21)19(16(5,6)7)14-17(10-3,11-4)20(18)22;1-8-15(9-2)12-17(14(5,6)7)13(19)16(10-3,11-4)18(15)20;1-10-6-8-11(9-7-10)12-15(17)13(2,3)14(4,5)16(12)18;1-13(2)11-19-9-7-17-5-6-18-8-10-20-12-14(3,4)15(13)16;1-5-12(6-2)9-11(16)14-10-13(7-3,8-4)15(12)17;1-6-11(4)8-10(15)13-9(3)12(5,7-2)14(11)16/h1,4-5,10-11,26H,2-3,6-9,12-16H2;22H,8-14H2,1-7H3;20H,8-12H2,1-7H3;6-9,17H,1-5H3;16H,5-12H2,1-4H3;17H,5-10H2,1-4H3,(H,14,16);9,16H,6-8H2,1-5H3,(H,13,15). The van der Waals surface area contributed by atoms with Crippen LogP contribution in [0, 0.1) is 12.1 Å². The van der Waals surface area contributed by atoms with Crippen molar-refractivity contribution >= 4 is 41.3 Å². The van der Waals surface area contributed by atoms with Crippen molar-refractivity contribution in [3.63, 3.8) is 0 Å². The van der Waals surface area contributed by atoms with E-state index in [9.17, 15) is 70.4 Å². The summed E-state index contributed by atoms with van der Waals surface area (Å²) in [4.78, 5) is 82.3. The number of ether oxygens (including phenoxy) is 4. The molecule has 2 aromatic rings. The molecule has 11 rings (SSSR count). The van der Waals surface area contributed by atoms with Crippen molar-refractivity contribution in [2.45, 2.75) is 503 Å². The molecular formula is C108H195N13O18. The van der Waals surface area contributed by atoms with Crippen LogP contribution in [0.4, 0.5) is 0 Å². The summed E-state index contributed by atoms with van der Waals surface area (Å²) in [5.41, 5.74) is -5.63. The Hall–Kier alpha value is -5.95. The van der Waals surface area contributed by atoms with Gasteiger partial charge in [0.15, 0.2) is 5.54 Å². The number of carbonyl (C=O) groups excluding carboxylic acids is 6. The number of hydrogen-bond acceptors (Lipinski definition) is 25. The molecule has 31 nitrogen and oxygen atoms in total. The Morgan fingerprint density at radius 2 is 0.827 bits per heavy atom. The molecule has 9 N–H and O–H groups in total. The highest BCUT2D eigenvalue weighted by Gasteiger charge is 2.66. The molecule has 6 amide bonds. The minimum absolute atomic E-state index is 0.0214. The third-order valence-corrected chi connectivity index (χ3v) is 33.7. The summed E-state index contributed by atoms with van der Waals surface area (Å²) in [5.74, 6) is 0.142. The van der Waals surface area contributed by atoms with E-state index in [1.54, 1.807) is 0 Å². The number of hydroxylamine groups is 15. The lowest BCUT2D eigenvalue weighted by molar-refractivity contribution is -0.539. The minimum atomic E-state index is -0.918. The summed E-state index contributed by atoms with van der Waals surface area (Å²) in [6.45, 7) is 70.5. The molecule has 31 heteroatoms. The summed E-state index contributed by atoms with van der Waals surface area (Å²) >= 11 is 0. The number of nitrogens with one attached hydrogen (secondary N) is 2. The van der Waals surface area contributed by atoms with E-state index >= 15 is 0 Å². The van der Waals surface area contributed by atoms with E-state index in [-0.39, 0.29) is 69.2 Å². The molecule has 2 saturated carbocycles. The van der Waals surface area contributed by atoms with Crippen molar-refractivity contribution in [3.05, 3.63) is 76.5 Å². The molecule has 2 aromatic carbocycles. The van der Waals surface area contributed by atoms with Crippen molar-refractivity contribution in [2.75, 3.05) is 72.5 Å². The number of carbonyl (C=O) groups is 6. The van der Waals surface area contributed by atoms with Crippen LogP contribution in [0.5, 0.6) is 0 Å². The second-order valence-electron chi connectivity index (χ2n) is 45.7. The second-order valence-corrected chi connectivity index (χ2v) is 45.7. The van der Waals surface area contributed by atoms with Crippen LogP contribution < -0.4 is 10.6 Å². The van der Waals surface area contributed by atoms with Gasteiger partial charge in [0.2, 0.25) is 23.6 Å². The second kappa shape index (κ2) is 50.9. The first kappa shape index (κ1) is 124. The quantitative estimate of drug-likeness (QED) is 0.0358. The Bertz CT molecular complexity index is 4110. The fourth-order valence-corrected chi connectivity index (χ4v) is 22.0. The van der Waals surface area contributed by atoms with Gasteiger partial charge in [0.1, 0.15) is 27.7 Å². The van der Waals surface area contributed by atoms with Gasteiger partial charge >= 0.3 is 5.84 Å². The van der Waals surface area contributed by atoms with Crippen LogP contribution >= 0.6 is 0 Å². The van der Waals surface area contributed by atoms with Gasteiger partial charge in [0.25, 0.3) is 11.8 Å². The van der Waals surface area contributed by atoms with Crippen LogP contribution in [0.3, 0.4) is 0 Å². The van der Waals surface area contributed by atoms with E-state index in [4.69, 9.17) is 18.9 Å². The van der Waals surface area contributed by atoms with Crippen molar-refractivity contribution in [1.82, 2.24) is 60.8 Å². The number of aryl methyl sites for hydroxylation is 1. The minimum Gasteiger partial charge on any atom is -0.714 e. The Balaban J connectivity index is 0.000000288. The zero-order chi connectivity index (χ0) is 106. The van der Waals surface area contributed by atoms with Crippen molar-refractivity contribution in [1.29, 1.82) is 0 Å². The molecule has 3 atom stereocenters. The van der Waals surface area contributed by atoms with E-state index in [2.05, 4.69) is 108 Å². The molecule has 2 spiro atoms. The number of hydrogen-bond donors (Lipinski definition) is 9. The van der Waals surface area contributed by atoms with Gasteiger partial charge in [-0.1, -0.05) is 196 Å². The van der Waals surface area contributed by atoms with Crippen LogP contribution in [0.25, 0.3) is 0 Å². The predicted octanol–water partition coefficient (Wildman–Crippen LogP) is 19.4. The van der Waals surface area contributed by atoms with Crippen molar-refractivity contribution in [3.8, 4) is 0 Å². The number of piperazine rings is 3. The van der Waals surface area contributed by atoms with Crippen LogP contribution in [0.15, 0.2) is 54.6 Å². The lowest BCUT2D eigenvalue weighted by atomic mass is 9.70. The van der Waals surface area contributed by atoms with Gasteiger partial charge in [-0.3, -0.25) is 38.4 Å². The number of nitrogens with zero attached hydrogens (tertiary/aromatic N) is 11. The smallest absolute Gasteiger partial charge is 0.313 e. The lowest BCUT2D eigenvalue weighted by Gasteiger charge is -2.59. The van der Waals surface area contributed by atoms with Gasteiger partial charge in [-0.25, -0.2) is 5.21 Å². The van der Waals surface area contributed by atoms with Gasteiger partial charge in [0.05, 0.1) is 109 Å². The van der Waals surface area contributed by atoms with Gasteiger partial charge in [-0.2, -0.15) is 30.4 Å². The molecule has 8 fully saturated rings. The molecular weight excluding hydrogens is 1770 g/mol. The zero-order valence-corrected chi connectivity index (χ0v) is 92.6. The molecule has 6 saturated heterocycles. The van der Waals surface area contributed by atoms with Gasteiger partial charge in [-0.15, -0.1) is 5.06 Å². The summed E-state index contributed by atoms with van der Waals surface area (Å²) < 4.78 is 22.8. The summed E-state index contributed by atoms with van der Waals surface area (Å²) in [7, 11) is 0. The van der Waals surface area contributed by atoms with Gasteiger partial charge < -0.3 is 75.8 Å². The number of benzene rings is 2. The third-order valence-electron chi connectivity index (χ3n) is 33.7. The van der Waals surface area contributed by atoms with Crippen molar-refractivity contribution in [2.24, 2.45) is 0 Å². The molecule has 7 heterocycles. The maximum absolute atomic E-state index is 13.5. The van der Waals surface area contributed by atoms with E-state index in [1.807, 2.05) is 189 Å². The topological polar surface area (TPSA) is 363 Å². The largest absolute Gasteiger partial charge is 0.714 e.